The first-order valence-corrected chi connectivity index (χ1v) is 9.29. The third-order valence-corrected chi connectivity index (χ3v) is 4.49. The standard InChI is InChI=1S/C22H18N4O4/c1-13(2)29-19-7-6-14(10-15(19)11-23)22-24-21(25-30-22)17-4-3-5-18-16(17)8-9-26(18)12-20(27)28/h3-10,13H,12H2,1-2H3,(H,27,28)/p-1. The van der Waals surface area contributed by atoms with Gasteiger partial charge in [0.05, 0.1) is 24.2 Å². The number of benzene rings is 2. The lowest BCUT2D eigenvalue weighted by Crippen LogP contribution is -2.27. The number of fused-ring (bicyclic) bond motifs is 1. The molecule has 0 saturated carbocycles. The topological polar surface area (TPSA) is 117 Å². The van der Waals surface area contributed by atoms with Crippen molar-refractivity contribution in [3.63, 3.8) is 0 Å². The summed E-state index contributed by atoms with van der Waals surface area (Å²) in [6.07, 6.45) is 1.63. The number of carboxylic acids is 1. The van der Waals surface area contributed by atoms with Crippen LogP contribution in [0, 0.1) is 11.3 Å². The summed E-state index contributed by atoms with van der Waals surface area (Å²) in [5, 5.41) is 25.2. The van der Waals surface area contributed by atoms with Crippen LogP contribution in [0.4, 0.5) is 0 Å². The molecule has 0 unspecified atom stereocenters. The van der Waals surface area contributed by atoms with Crippen molar-refractivity contribution in [3.05, 3.63) is 54.2 Å². The molecule has 0 aliphatic heterocycles. The largest absolute Gasteiger partial charge is 0.548 e. The minimum Gasteiger partial charge on any atom is -0.548 e. The molecular formula is C22H17N4O4-. The summed E-state index contributed by atoms with van der Waals surface area (Å²) in [6.45, 7) is 3.53. The lowest BCUT2D eigenvalue weighted by Gasteiger charge is -2.11. The number of rotatable bonds is 6. The number of ether oxygens (including phenoxy) is 1. The predicted octanol–water partition coefficient (Wildman–Crippen LogP) is 2.77. The Morgan fingerprint density at radius 2 is 2.13 bits per heavy atom. The fourth-order valence-electron chi connectivity index (χ4n) is 3.25. The number of nitriles is 1. The Kier molecular flexibility index (Phi) is 4.94. The number of aromatic nitrogens is 3. The second-order valence-corrected chi connectivity index (χ2v) is 6.97. The van der Waals surface area contributed by atoms with E-state index in [1.807, 2.05) is 26.0 Å². The smallest absolute Gasteiger partial charge is 0.258 e. The van der Waals surface area contributed by atoms with Crippen molar-refractivity contribution in [2.45, 2.75) is 26.5 Å². The molecule has 0 N–H and O–H groups in total. The summed E-state index contributed by atoms with van der Waals surface area (Å²) >= 11 is 0. The van der Waals surface area contributed by atoms with Gasteiger partial charge in [-0.05, 0) is 44.2 Å². The van der Waals surface area contributed by atoms with Gasteiger partial charge in [0, 0.05) is 28.2 Å². The molecule has 8 nitrogen and oxygen atoms in total. The van der Waals surface area contributed by atoms with E-state index in [0.29, 0.717) is 28.3 Å². The van der Waals surface area contributed by atoms with E-state index in [2.05, 4.69) is 16.2 Å². The van der Waals surface area contributed by atoms with Crippen molar-refractivity contribution >= 4 is 16.9 Å². The predicted molar refractivity (Wildman–Crippen MR) is 106 cm³/mol. The summed E-state index contributed by atoms with van der Waals surface area (Å²) in [7, 11) is 0. The maximum atomic E-state index is 11.0. The summed E-state index contributed by atoms with van der Waals surface area (Å²) in [5.41, 5.74) is 2.41. The molecule has 0 aliphatic rings. The number of aliphatic carboxylic acids is 1. The van der Waals surface area contributed by atoms with Crippen molar-refractivity contribution in [2.24, 2.45) is 0 Å². The van der Waals surface area contributed by atoms with Crippen molar-refractivity contribution in [1.82, 2.24) is 14.7 Å². The lowest BCUT2D eigenvalue weighted by molar-refractivity contribution is -0.306. The first-order chi connectivity index (χ1) is 14.5. The number of hydrogen-bond donors (Lipinski definition) is 0. The van der Waals surface area contributed by atoms with Crippen molar-refractivity contribution < 1.29 is 19.2 Å². The quantitative estimate of drug-likeness (QED) is 0.487. The van der Waals surface area contributed by atoms with Crippen LogP contribution in [-0.2, 0) is 11.3 Å². The molecule has 2 aromatic carbocycles. The number of carbonyl (C=O) groups excluding carboxylic acids is 1. The zero-order valence-corrected chi connectivity index (χ0v) is 16.3. The second kappa shape index (κ2) is 7.72. The van der Waals surface area contributed by atoms with E-state index in [4.69, 9.17) is 9.26 Å². The first-order valence-electron chi connectivity index (χ1n) is 9.29. The molecule has 4 rings (SSSR count). The van der Waals surface area contributed by atoms with E-state index in [0.717, 1.165) is 10.9 Å². The Balaban J connectivity index is 1.71. The van der Waals surface area contributed by atoms with Crippen LogP contribution in [0.5, 0.6) is 5.75 Å². The average molecular weight is 401 g/mol. The number of carboxylic acid groups (broad SMARTS) is 1. The Bertz CT molecular complexity index is 1280. The van der Waals surface area contributed by atoms with Crippen LogP contribution < -0.4 is 9.84 Å². The van der Waals surface area contributed by atoms with Crippen LogP contribution in [-0.4, -0.2) is 26.8 Å². The summed E-state index contributed by atoms with van der Waals surface area (Å²) in [4.78, 5) is 15.4. The number of carbonyl (C=O) groups is 1. The van der Waals surface area contributed by atoms with Gasteiger partial charge in [-0.1, -0.05) is 17.3 Å². The molecule has 4 aromatic rings. The van der Waals surface area contributed by atoms with Crippen LogP contribution in [0.3, 0.4) is 0 Å². The van der Waals surface area contributed by atoms with Gasteiger partial charge in [0.15, 0.2) is 0 Å². The molecule has 0 aliphatic carbocycles. The summed E-state index contributed by atoms with van der Waals surface area (Å²) < 4.78 is 12.7. The molecule has 0 bridgehead atoms. The average Bonchev–Trinajstić information content (AvgIpc) is 3.35. The Labute approximate surface area is 171 Å². The van der Waals surface area contributed by atoms with Gasteiger partial charge < -0.3 is 23.7 Å². The Morgan fingerprint density at radius 3 is 2.87 bits per heavy atom. The Hall–Kier alpha value is -4.12. The molecule has 150 valence electrons. The second-order valence-electron chi connectivity index (χ2n) is 6.97. The fourth-order valence-corrected chi connectivity index (χ4v) is 3.25. The number of hydrogen-bond acceptors (Lipinski definition) is 7. The molecule has 0 saturated heterocycles. The van der Waals surface area contributed by atoms with E-state index in [1.54, 1.807) is 41.1 Å². The molecule has 0 spiro atoms. The van der Waals surface area contributed by atoms with Gasteiger partial charge in [-0.25, -0.2) is 0 Å². The van der Waals surface area contributed by atoms with Gasteiger partial charge in [0.1, 0.15) is 11.8 Å². The van der Waals surface area contributed by atoms with E-state index < -0.39 is 5.97 Å². The first kappa shape index (κ1) is 19.2. The molecule has 0 amide bonds. The van der Waals surface area contributed by atoms with E-state index in [9.17, 15) is 15.2 Å². The van der Waals surface area contributed by atoms with E-state index in [1.165, 1.54) is 0 Å². The van der Waals surface area contributed by atoms with E-state index >= 15 is 0 Å². The van der Waals surface area contributed by atoms with E-state index in [-0.39, 0.29) is 18.5 Å². The maximum Gasteiger partial charge on any atom is 0.258 e. The summed E-state index contributed by atoms with van der Waals surface area (Å²) in [5.74, 6) is -0.0421. The molecule has 30 heavy (non-hydrogen) atoms. The molecule has 0 atom stereocenters. The van der Waals surface area contributed by atoms with Gasteiger partial charge in [0.25, 0.3) is 5.89 Å². The van der Waals surface area contributed by atoms with Gasteiger partial charge in [-0.3, -0.25) is 0 Å². The highest BCUT2D eigenvalue weighted by Crippen LogP contribution is 2.31. The van der Waals surface area contributed by atoms with Crippen LogP contribution in [0.1, 0.15) is 19.4 Å². The zero-order valence-electron chi connectivity index (χ0n) is 16.3. The molecule has 0 fully saturated rings. The SMILES string of the molecule is CC(C)Oc1ccc(-c2nc(-c3cccc4c3ccn4CC(=O)[O-])no2)cc1C#N. The minimum absolute atomic E-state index is 0.0531. The third kappa shape index (κ3) is 3.61. The molecule has 8 heteroatoms. The Morgan fingerprint density at radius 1 is 1.30 bits per heavy atom. The van der Waals surface area contributed by atoms with Gasteiger partial charge in [-0.15, -0.1) is 0 Å². The van der Waals surface area contributed by atoms with Crippen LogP contribution >= 0.6 is 0 Å². The van der Waals surface area contributed by atoms with Crippen LogP contribution in [0.2, 0.25) is 0 Å². The minimum atomic E-state index is -1.17. The molecule has 0 radical (unpaired) electrons. The number of nitrogens with zero attached hydrogens (tertiary/aromatic N) is 4. The third-order valence-electron chi connectivity index (χ3n) is 4.49. The normalized spacial score (nSPS) is 11.0. The summed E-state index contributed by atoms with van der Waals surface area (Å²) in [6, 6.07) is 14.5. The van der Waals surface area contributed by atoms with Crippen LogP contribution in [0.25, 0.3) is 33.7 Å². The lowest BCUT2D eigenvalue weighted by atomic mass is 10.1. The van der Waals surface area contributed by atoms with Crippen molar-refractivity contribution in [3.8, 4) is 34.7 Å². The zero-order chi connectivity index (χ0) is 21.3. The highest BCUT2D eigenvalue weighted by atomic mass is 16.5. The monoisotopic (exact) mass is 401 g/mol. The molecule has 2 aromatic heterocycles. The van der Waals surface area contributed by atoms with Gasteiger partial charge >= 0.3 is 0 Å². The van der Waals surface area contributed by atoms with Crippen LogP contribution in [0.15, 0.2) is 53.2 Å². The fraction of sp³-hybridized carbons (Fsp3) is 0.182. The molecular weight excluding hydrogens is 384 g/mol. The highest BCUT2D eigenvalue weighted by Gasteiger charge is 2.16. The maximum absolute atomic E-state index is 11.0. The van der Waals surface area contributed by atoms with Gasteiger partial charge in [-0.2, -0.15) is 10.2 Å². The highest BCUT2D eigenvalue weighted by molar-refractivity contribution is 5.94. The van der Waals surface area contributed by atoms with Crippen molar-refractivity contribution in [2.75, 3.05) is 0 Å². The molecule has 2 heterocycles. The van der Waals surface area contributed by atoms with Crippen molar-refractivity contribution in [1.29, 1.82) is 5.26 Å². The van der Waals surface area contributed by atoms with Gasteiger partial charge in [0.2, 0.25) is 5.82 Å².